The van der Waals surface area contributed by atoms with E-state index in [1.807, 2.05) is 13.8 Å². The molecule has 0 fully saturated rings. The summed E-state index contributed by atoms with van der Waals surface area (Å²) in [6, 6.07) is 0. The van der Waals surface area contributed by atoms with Crippen LogP contribution in [0.5, 0.6) is 0 Å². The van der Waals surface area contributed by atoms with Gasteiger partial charge in [0.2, 0.25) is 0 Å². The third-order valence-electron chi connectivity index (χ3n) is 2.02. The molecule has 0 saturated carbocycles. The van der Waals surface area contributed by atoms with Crippen molar-refractivity contribution in [2.24, 2.45) is 0 Å². The Kier molecular flexibility index (Phi) is 3.81. The van der Waals surface area contributed by atoms with Crippen LogP contribution in [0, 0.1) is 5.92 Å². The fraction of sp³-hybridized carbons (Fsp3) is 0.545. The number of alkyl halides is 2. The molecule has 0 bridgehead atoms. The molecule has 0 aromatic heterocycles. The Balaban J connectivity index is 2.77. The van der Waals surface area contributed by atoms with E-state index < -0.39 is 12.5 Å². The summed E-state index contributed by atoms with van der Waals surface area (Å²) < 4.78 is 30.6. The molecular formula is C11H15F2O. The molecule has 0 aliphatic heterocycles. The van der Waals surface area contributed by atoms with Crippen molar-refractivity contribution in [3.8, 4) is 0 Å². The van der Waals surface area contributed by atoms with Gasteiger partial charge in [-0.15, -0.1) is 0 Å². The Bertz CT molecular complexity index is 244. The maximum Gasteiger partial charge on any atom is 0.262 e. The van der Waals surface area contributed by atoms with Crippen LogP contribution in [0.15, 0.2) is 23.8 Å². The van der Waals surface area contributed by atoms with Crippen LogP contribution in [0.2, 0.25) is 0 Å². The van der Waals surface area contributed by atoms with Gasteiger partial charge in [-0.3, -0.25) is 0 Å². The molecule has 1 rings (SSSR count). The third kappa shape index (κ3) is 2.64. The van der Waals surface area contributed by atoms with Gasteiger partial charge < -0.3 is 4.74 Å². The second kappa shape index (κ2) is 4.69. The first kappa shape index (κ1) is 11.4. The van der Waals surface area contributed by atoms with Gasteiger partial charge in [-0.05, 0) is 13.8 Å². The van der Waals surface area contributed by atoms with Crippen molar-refractivity contribution in [3.63, 3.8) is 0 Å². The summed E-state index contributed by atoms with van der Waals surface area (Å²) in [5.74, 6) is 0.830. The lowest BCUT2D eigenvalue weighted by atomic mass is 9.92. The van der Waals surface area contributed by atoms with E-state index >= 15 is 0 Å². The van der Waals surface area contributed by atoms with E-state index in [-0.39, 0.29) is 11.7 Å². The summed E-state index contributed by atoms with van der Waals surface area (Å²) >= 11 is 0. The molecule has 0 spiro atoms. The lowest BCUT2D eigenvalue weighted by Gasteiger charge is -2.28. The van der Waals surface area contributed by atoms with Gasteiger partial charge in [0.25, 0.3) is 6.43 Å². The molecule has 3 heteroatoms. The lowest BCUT2D eigenvalue weighted by molar-refractivity contribution is 0.0215. The van der Waals surface area contributed by atoms with Gasteiger partial charge in [-0.1, -0.05) is 25.2 Å². The van der Waals surface area contributed by atoms with Gasteiger partial charge in [0.05, 0.1) is 12.2 Å². The van der Waals surface area contributed by atoms with Crippen molar-refractivity contribution in [1.82, 2.24) is 0 Å². The van der Waals surface area contributed by atoms with Gasteiger partial charge in [-0.2, -0.15) is 0 Å². The van der Waals surface area contributed by atoms with E-state index in [1.54, 1.807) is 19.1 Å². The third-order valence-corrected chi connectivity index (χ3v) is 2.02. The highest BCUT2D eigenvalue weighted by molar-refractivity contribution is 5.35. The standard InChI is InChI=1S/C11H15F2O/c1-7(2)14-10-8(3)5-4-6-9(10)11(12)13/h4-7,10-11H,1-3H3. The van der Waals surface area contributed by atoms with Crippen LogP contribution in [0.1, 0.15) is 20.8 Å². The molecule has 1 atom stereocenters. The Labute approximate surface area is 83.4 Å². The van der Waals surface area contributed by atoms with Crippen molar-refractivity contribution < 1.29 is 13.5 Å². The van der Waals surface area contributed by atoms with Crippen LogP contribution in [0.4, 0.5) is 8.78 Å². The average molecular weight is 201 g/mol. The molecule has 1 aliphatic rings. The molecule has 0 saturated heterocycles. The molecule has 1 radical (unpaired) electrons. The summed E-state index contributed by atoms with van der Waals surface area (Å²) in [5, 5.41) is 0. The number of hydrogen-bond acceptors (Lipinski definition) is 1. The Morgan fingerprint density at radius 3 is 2.50 bits per heavy atom. The van der Waals surface area contributed by atoms with E-state index in [0.29, 0.717) is 0 Å². The van der Waals surface area contributed by atoms with Gasteiger partial charge in [-0.25, -0.2) is 8.78 Å². The SMILES string of the molecule is C[C]1C=CC=C(C(F)F)C1OC(C)C. The van der Waals surface area contributed by atoms with E-state index in [9.17, 15) is 8.78 Å². The Morgan fingerprint density at radius 2 is 2.00 bits per heavy atom. The number of hydrogen-bond donors (Lipinski definition) is 0. The fourth-order valence-corrected chi connectivity index (χ4v) is 1.39. The number of allylic oxidation sites excluding steroid dienone is 2. The fourth-order valence-electron chi connectivity index (χ4n) is 1.39. The topological polar surface area (TPSA) is 9.23 Å². The van der Waals surface area contributed by atoms with Crippen LogP contribution in [0.25, 0.3) is 0 Å². The predicted octanol–water partition coefficient (Wildman–Crippen LogP) is 3.14. The van der Waals surface area contributed by atoms with Gasteiger partial charge >= 0.3 is 0 Å². The molecule has 0 aromatic carbocycles. The van der Waals surface area contributed by atoms with E-state index in [0.717, 1.165) is 5.92 Å². The Morgan fingerprint density at radius 1 is 1.36 bits per heavy atom. The minimum Gasteiger partial charge on any atom is -0.370 e. The number of ether oxygens (including phenoxy) is 1. The molecule has 79 valence electrons. The van der Waals surface area contributed by atoms with Gasteiger partial charge in [0, 0.05) is 11.5 Å². The molecule has 0 heterocycles. The minimum atomic E-state index is -2.45. The highest BCUT2D eigenvalue weighted by Crippen LogP contribution is 2.29. The molecule has 14 heavy (non-hydrogen) atoms. The summed E-state index contributed by atoms with van der Waals surface area (Å²) in [6.07, 6.45) is 1.82. The molecule has 1 unspecified atom stereocenters. The zero-order valence-electron chi connectivity index (χ0n) is 8.63. The smallest absolute Gasteiger partial charge is 0.262 e. The van der Waals surface area contributed by atoms with Crippen LogP contribution in [-0.4, -0.2) is 18.6 Å². The van der Waals surface area contributed by atoms with Crippen LogP contribution >= 0.6 is 0 Å². The largest absolute Gasteiger partial charge is 0.370 e. The summed E-state index contributed by atoms with van der Waals surface area (Å²) in [4.78, 5) is 0. The number of halogens is 2. The van der Waals surface area contributed by atoms with Gasteiger partial charge in [0.15, 0.2) is 0 Å². The zero-order valence-corrected chi connectivity index (χ0v) is 8.63. The maximum absolute atomic E-state index is 12.6. The van der Waals surface area contributed by atoms with Crippen molar-refractivity contribution in [2.75, 3.05) is 0 Å². The molecule has 1 nitrogen and oxygen atoms in total. The molecule has 0 N–H and O–H groups in total. The molecule has 0 amide bonds. The molecule has 0 aromatic rings. The first-order valence-electron chi connectivity index (χ1n) is 4.67. The predicted molar refractivity (Wildman–Crippen MR) is 52.2 cm³/mol. The van der Waals surface area contributed by atoms with E-state index in [2.05, 4.69) is 0 Å². The highest BCUT2D eigenvalue weighted by atomic mass is 19.3. The monoisotopic (exact) mass is 201 g/mol. The minimum absolute atomic E-state index is 0.0522. The van der Waals surface area contributed by atoms with Gasteiger partial charge in [0.1, 0.15) is 0 Å². The number of rotatable bonds is 3. The van der Waals surface area contributed by atoms with Crippen LogP contribution in [0.3, 0.4) is 0 Å². The lowest BCUT2D eigenvalue weighted by Crippen LogP contribution is -2.29. The van der Waals surface area contributed by atoms with Crippen molar-refractivity contribution >= 4 is 0 Å². The first-order chi connectivity index (χ1) is 6.52. The molecular weight excluding hydrogens is 186 g/mol. The summed E-state index contributed by atoms with van der Waals surface area (Å²) in [6.45, 7) is 5.49. The van der Waals surface area contributed by atoms with Crippen molar-refractivity contribution in [2.45, 2.75) is 39.4 Å². The van der Waals surface area contributed by atoms with Crippen LogP contribution in [-0.2, 0) is 4.74 Å². The second-order valence-corrected chi connectivity index (χ2v) is 3.64. The quantitative estimate of drug-likeness (QED) is 0.681. The molecule has 1 aliphatic carbocycles. The van der Waals surface area contributed by atoms with E-state index in [1.165, 1.54) is 6.08 Å². The zero-order chi connectivity index (χ0) is 10.7. The highest BCUT2D eigenvalue weighted by Gasteiger charge is 2.29. The summed E-state index contributed by atoms with van der Waals surface area (Å²) in [7, 11) is 0. The second-order valence-electron chi connectivity index (χ2n) is 3.64. The Hall–Kier alpha value is -0.700. The maximum atomic E-state index is 12.6. The first-order valence-corrected chi connectivity index (χ1v) is 4.67. The van der Waals surface area contributed by atoms with E-state index in [4.69, 9.17) is 4.74 Å². The van der Waals surface area contributed by atoms with Crippen molar-refractivity contribution in [3.05, 3.63) is 29.7 Å². The van der Waals surface area contributed by atoms with Crippen LogP contribution < -0.4 is 0 Å². The summed E-state index contributed by atoms with van der Waals surface area (Å²) in [5.41, 5.74) is 0.0544. The van der Waals surface area contributed by atoms with Crippen molar-refractivity contribution in [1.29, 1.82) is 0 Å². The normalized spacial score (nSPS) is 23.4. The average Bonchev–Trinajstić information content (AvgIpc) is 2.07.